The molecule has 0 fully saturated rings. The molecule has 9 heteroatoms. The highest BCUT2D eigenvalue weighted by Gasteiger charge is 2.00. The Kier molecular flexibility index (Phi) is 27.5. The number of aliphatic hydroxyl groups excluding tert-OH is 3. The maximum atomic E-state index is 10.2. The zero-order valence-corrected chi connectivity index (χ0v) is 20.5. The first kappa shape index (κ1) is 32.9. The molecule has 31 heavy (non-hydrogen) atoms. The van der Waals surface area contributed by atoms with Crippen LogP contribution >= 0.6 is 0 Å². The Balaban J connectivity index is 0. The molecule has 0 bridgehead atoms. The second kappa shape index (κ2) is 26.0. The Morgan fingerprint density at radius 2 is 0.968 bits per heavy atom. The number of hydrogen-bond acceptors (Lipinski definition) is 8. The van der Waals surface area contributed by atoms with Crippen LogP contribution in [0.4, 0.5) is 0 Å². The van der Waals surface area contributed by atoms with Gasteiger partial charge in [0.25, 0.3) is 0 Å². The van der Waals surface area contributed by atoms with Crippen LogP contribution in [0, 0.1) is 0 Å². The Morgan fingerprint density at radius 3 is 1.26 bits per heavy atom. The first-order chi connectivity index (χ1) is 14.9. The number of hydrogen-bond donors (Lipinski definition) is 3. The summed E-state index contributed by atoms with van der Waals surface area (Å²) in [4.78, 5) is 1.79. The molecule has 0 aromatic rings. The molecule has 0 saturated carbocycles. The van der Waals surface area contributed by atoms with E-state index in [1.165, 1.54) is 70.6 Å². The van der Waals surface area contributed by atoms with Crippen molar-refractivity contribution in [2.75, 3.05) is 46.1 Å². The minimum absolute atomic E-state index is 0.0316. The molecule has 0 aliphatic rings. The van der Waals surface area contributed by atoms with Gasteiger partial charge in [-0.25, -0.2) is 8.42 Å². The molecular formula is C22H48NO7S-. The van der Waals surface area contributed by atoms with Crippen molar-refractivity contribution in [3.8, 4) is 0 Å². The van der Waals surface area contributed by atoms with E-state index in [1.807, 2.05) is 0 Å². The Hall–Kier alpha value is -0.290. The van der Waals surface area contributed by atoms with Crippen LogP contribution in [0.15, 0.2) is 0 Å². The Bertz CT molecular complexity index is 421. The highest BCUT2D eigenvalue weighted by atomic mass is 32.3. The molecule has 0 amide bonds. The molecule has 0 aromatic heterocycles. The molecular weight excluding hydrogens is 422 g/mol. The molecule has 0 spiro atoms. The van der Waals surface area contributed by atoms with Crippen molar-refractivity contribution in [1.29, 1.82) is 0 Å². The highest BCUT2D eigenvalue weighted by Crippen LogP contribution is 2.13. The third-order valence-electron chi connectivity index (χ3n) is 4.97. The van der Waals surface area contributed by atoms with Crippen LogP contribution in [-0.4, -0.2) is 79.3 Å². The van der Waals surface area contributed by atoms with E-state index in [4.69, 9.17) is 15.3 Å². The van der Waals surface area contributed by atoms with Gasteiger partial charge in [-0.05, 0) is 6.42 Å². The minimum Gasteiger partial charge on any atom is -0.726 e. The van der Waals surface area contributed by atoms with Crippen molar-refractivity contribution < 1.29 is 32.5 Å². The lowest BCUT2D eigenvalue weighted by atomic mass is 10.0. The lowest BCUT2D eigenvalue weighted by Crippen LogP contribution is -2.32. The summed E-state index contributed by atoms with van der Waals surface area (Å²) in [5.74, 6) is 0. The average Bonchev–Trinajstić information content (AvgIpc) is 2.71. The van der Waals surface area contributed by atoms with Gasteiger partial charge in [-0.15, -0.1) is 0 Å². The zero-order valence-electron chi connectivity index (χ0n) is 19.7. The highest BCUT2D eigenvalue weighted by molar-refractivity contribution is 7.80. The summed E-state index contributed by atoms with van der Waals surface area (Å²) >= 11 is 0. The minimum atomic E-state index is -4.49. The fourth-order valence-corrected chi connectivity index (χ4v) is 3.54. The lowest BCUT2D eigenvalue weighted by molar-refractivity contribution is 0.136. The molecule has 0 aliphatic heterocycles. The molecule has 8 nitrogen and oxygen atoms in total. The van der Waals surface area contributed by atoms with E-state index in [2.05, 4.69) is 11.1 Å². The van der Waals surface area contributed by atoms with Gasteiger partial charge in [-0.3, -0.25) is 9.08 Å². The third-order valence-corrected chi connectivity index (χ3v) is 5.43. The molecule has 0 saturated heterocycles. The smallest absolute Gasteiger partial charge is 0.217 e. The van der Waals surface area contributed by atoms with E-state index in [-0.39, 0.29) is 26.4 Å². The number of rotatable bonds is 22. The standard InChI is InChI=1S/C16H34O4S.C6H15NO3/c1-2-3-4-5-6-7-8-9-10-11-12-13-14-15-16-20-21(17,18)19;8-4-1-7(2-5-9)3-6-10/h2-16H2,1H3,(H,17,18,19);8-10H,1-6H2/p-1. The predicted molar refractivity (Wildman–Crippen MR) is 124 cm³/mol. The van der Waals surface area contributed by atoms with E-state index in [1.54, 1.807) is 4.90 Å². The second-order valence-corrected chi connectivity index (χ2v) is 8.89. The molecule has 0 unspecified atom stereocenters. The van der Waals surface area contributed by atoms with E-state index in [0.29, 0.717) is 26.1 Å². The lowest BCUT2D eigenvalue weighted by Gasteiger charge is -2.17. The average molecular weight is 471 g/mol. The first-order valence-electron chi connectivity index (χ1n) is 12.1. The van der Waals surface area contributed by atoms with Crippen LogP contribution in [0.2, 0.25) is 0 Å². The third kappa shape index (κ3) is 32.0. The summed E-state index contributed by atoms with van der Waals surface area (Å²) in [6.45, 7) is 4.03. The van der Waals surface area contributed by atoms with Gasteiger partial charge in [-0.1, -0.05) is 90.4 Å². The molecule has 0 atom stereocenters. The maximum Gasteiger partial charge on any atom is 0.217 e. The van der Waals surface area contributed by atoms with Gasteiger partial charge in [0.1, 0.15) is 0 Å². The summed E-state index contributed by atoms with van der Waals surface area (Å²) in [7, 11) is -4.49. The van der Waals surface area contributed by atoms with Gasteiger partial charge in [0.15, 0.2) is 0 Å². The SMILES string of the molecule is CCCCCCCCCCCCCCCCOS(=O)(=O)[O-].OCCN(CCO)CCO. The molecule has 190 valence electrons. The normalized spacial score (nSPS) is 11.5. The van der Waals surface area contributed by atoms with Crippen LogP contribution in [0.1, 0.15) is 96.8 Å². The molecule has 0 heterocycles. The summed E-state index contributed by atoms with van der Waals surface area (Å²) in [5, 5.41) is 25.5. The van der Waals surface area contributed by atoms with E-state index >= 15 is 0 Å². The summed E-state index contributed by atoms with van der Waals surface area (Å²) in [6.07, 6.45) is 17.4. The zero-order chi connectivity index (χ0) is 23.6. The van der Waals surface area contributed by atoms with Crippen LogP contribution in [0.5, 0.6) is 0 Å². The summed E-state index contributed by atoms with van der Waals surface area (Å²) in [5.41, 5.74) is 0. The van der Waals surface area contributed by atoms with Gasteiger partial charge in [0.05, 0.1) is 26.4 Å². The molecule has 0 radical (unpaired) electrons. The van der Waals surface area contributed by atoms with Crippen LogP contribution in [0.3, 0.4) is 0 Å². The molecule has 0 rings (SSSR count). The second-order valence-electron chi connectivity index (χ2n) is 7.84. The van der Waals surface area contributed by atoms with E-state index < -0.39 is 10.4 Å². The van der Waals surface area contributed by atoms with Gasteiger partial charge in [0.2, 0.25) is 10.4 Å². The van der Waals surface area contributed by atoms with Gasteiger partial charge < -0.3 is 19.9 Å². The number of aliphatic hydroxyl groups is 3. The number of unbranched alkanes of at least 4 members (excludes halogenated alkanes) is 13. The maximum absolute atomic E-state index is 10.2. The van der Waals surface area contributed by atoms with Crippen molar-refractivity contribution in [3.05, 3.63) is 0 Å². The van der Waals surface area contributed by atoms with Gasteiger partial charge in [0, 0.05) is 19.6 Å². The summed E-state index contributed by atoms with van der Waals surface area (Å²) < 4.78 is 34.7. The van der Waals surface area contributed by atoms with Crippen LogP contribution in [0.25, 0.3) is 0 Å². The predicted octanol–water partition coefficient (Wildman–Crippen LogP) is 3.21. The van der Waals surface area contributed by atoms with Crippen LogP contribution in [-0.2, 0) is 14.6 Å². The van der Waals surface area contributed by atoms with Gasteiger partial charge >= 0.3 is 0 Å². The first-order valence-corrected chi connectivity index (χ1v) is 13.4. The van der Waals surface area contributed by atoms with E-state index in [9.17, 15) is 13.0 Å². The van der Waals surface area contributed by atoms with Gasteiger partial charge in [-0.2, -0.15) is 0 Å². The Labute approximate surface area is 191 Å². The molecule has 3 N–H and O–H groups in total. The Morgan fingerprint density at radius 1 is 0.645 bits per heavy atom. The summed E-state index contributed by atoms with van der Waals surface area (Å²) in [6, 6.07) is 0. The van der Waals surface area contributed by atoms with Crippen molar-refractivity contribution in [2.24, 2.45) is 0 Å². The van der Waals surface area contributed by atoms with Crippen LogP contribution < -0.4 is 0 Å². The van der Waals surface area contributed by atoms with Crippen molar-refractivity contribution in [2.45, 2.75) is 96.8 Å². The number of nitrogens with zero attached hydrogens (tertiary/aromatic N) is 1. The monoisotopic (exact) mass is 470 g/mol. The fraction of sp³-hybridized carbons (Fsp3) is 1.00. The molecule has 0 aliphatic carbocycles. The largest absolute Gasteiger partial charge is 0.726 e. The van der Waals surface area contributed by atoms with E-state index in [0.717, 1.165) is 12.8 Å². The van der Waals surface area contributed by atoms with Crippen molar-refractivity contribution in [3.63, 3.8) is 0 Å². The fourth-order valence-electron chi connectivity index (χ4n) is 3.22. The van der Waals surface area contributed by atoms with Crippen molar-refractivity contribution >= 4 is 10.4 Å². The molecule has 0 aromatic carbocycles. The topological polar surface area (TPSA) is 130 Å². The van der Waals surface area contributed by atoms with Crippen molar-refractivity contribution in [1.82, 2.24) is 4.90 Å². The quantitative estimate of drug-likeness (QED) is 0.125.